The summed E-state index contributed by atoms with van der Waals surface area (Å²) in [6.45, 7) is 0. The molecule has 1 aromatic heterocycles. The number of benzene rings is 1. The molecule has 17 heavy (non-hydrogen) atoms. The minimum absolute atomic E-state index is 0. The number of carbonyl (C=O) groups excluding carboxylic acids is 1. The van der Waals surface area contributed by atoms with Gasteiger partial charge in [0.15, 0.2) is 5.01 Å². The van der Waals surface area contributed by atoms with Gasteiger partial charge in [-0.25, -0.2) is 8.78 Å². The summed E-state index contributed by atoms with van der Waals surface area (Å²) < 4.78 is 26.0. The Labute approximate surface area is 129 Å². The van der Waals surface area contributed by atoms with Crippen molar-refractivity contribution in [3.63, 3.8) is 0 Å². The maximum Gasteiger partial charge on any atom is 0.279 e. The fourth-order valence-corrected chi connectivity index (χ4v) is 1.82. The molecule has 0 aliphatic rings. The Hall–Kier alpha value is -0.630. The molecule has 0 fully saturated rings. The van der Waals surface area contributed by atoms with Crippen molar-refractivity contribution in [2.45, 2.75) is 0 Å². The standard InChI is InChI=1S/C9H5F2N3OS.Ar/c10-4-1-2-5(6(11)3-4)8-13-14-9(16-8)7(12)15;/h1-3H,(H2,12,15);. The van der Waals surface area contributed by atoms with Crippen LogP contribution in [0.3, 0.4) is 0 Å². The molecule has 8 heteroatoms. The summed E-state index contributed by atoms with van der Waals surface area (Å²) in [7, 11) is 0. The zero-order chi connectivity index (χ0) is 11.7. The monoisotopic (exact) mass is 281 g/mol. The van der Waals surface area contributed by atoms with Crippen LogP contribution >= 0.6 is 11.3 Å². The Kier molecular flexibility index (Phi) is 4.93. The van der Waals surface area contributed by atoms with Crippen molar-refractivity contribution in [1.29, 1.82) is 0 Å². The maximum absolute atomic E-state index is 13.3. The summed E-state index contributed by atoms with van der Waals surface area (Å²) in [5.41, 5.74) is 5.07. The van der Waals surface area contributed by atoms with Crippen molar-refractivity contribution in [2.24, 2.45) is 5.73 Å². The summed E-state index contributed by atoms with van der Waals surface area (Å²) in [6, 6.07) is 3.07. The molecule has 1 heterocycles. The van der Waals surface area contributed by atoms with E-state index in [1.807, 2.05) is 0 Å². The van der Waals surface area contributed by atoms with Gasteiger partial charge in [-0.15, -0.1) is 10.2 Å². The normalized spacial score (nSPS) is 9.76. The van der Waals surface area contributed by atoms with Gasteiger partial charge >= 0.3 is 0 Å². The van der Waals surface area contributed by atoms with E-state index in [0.717, 1.165) is 23.5 Å². The molecule has 0 saturated carbocycles. The molecule has 0 unspecified atom stereocenters. The summed E-state index contributed by atoms with van der Waals surface area (Å²) >= 11 is 0.855. The van der Waals surface area contributed by atoms with E-state index >= 15 is 0 Å². The topological polar surface area (TPSA) is 68.9 Å². The van der Waals surface area contributed by atoms with E-state index in [2.05, 4.69) is 10.2 Å². The Bertz CT molecular complexity index is 561. The van der Waals surface area contributed by atoms with Crippen LogP contribution < -0.4 is 5.73 Å². The first-order chi connectivity index (χ1) is 7.58. The van der Waals surface area contributed by atoms with Gasteiger partial charge in [0.05, 0.1) is 0 Å². The average molecular weight is 281 g/mol. The van der Waals surface area contributed by atoms with E-state index in [0.29, 0.717) is 0 Å². The predicted molar refractivity (Wildman–Crippen MR) is 53.8 cm³/mol. The fourth-order valence-electron chi connectivity index (χ4n) is 1.09. The van der Waals surface area contributed by atoms with Gasteiger partial charge in [0, 0.05) is 49.4 Å². The second-order valence-corrected chi connectivity index (χ2v) is 3.88. The van der Waals surface area contributed by atoms with Crippen LogP contribution in [0.5, 0.6) is 0 Å². The van der Waals surface area contributed by atoms with E-state index in [-0.39, 0.29) is 53.3 Å². The van der Waals surface area contributed by atoms with Gasteiger partial charge in [-0.1, -0.05) is 11.3 Å². The number of hydrogen-bond donors (Lipinski definition) is 1. The van der Waals surface area contributed by atoms with Crippen molar-refractivity contribution >= 4 is 17.2 Å². The van der Waals surface area contributed by atoms with Crippen LogP contribution in [-0.2, 0) is 0 Å². The molecule has 1 amide bonds. The van der Waals surface area contributed by atoms with Crippen molar-refractivity contribution < 1.29 is 51.3 Å². The molecule has 0 saturated heterocycles. The number of rotatable bonds is 2. The smallest absolute Gasteiger partial charge is 0.279 e. The van der Waals surface area contributed by atoms with E-state index in [9.17, 15) is 13.6 Å². The third kappa shape index (κ3) is 3.19. The zero-order valence-electron chi connectivity index (χ0n) is 8.13. The molecule has 0 spiro atoms. The van der Waals surface area contributed by atoms with Crippen molar-refractivity contribution in [3.05, 3.63) is 34.8 Å². The van der Waals surface area contributed by atoms with Gasteiger partial charge in [0.2, 0.25) is 5.01 Å². The summed E-state index contributed by atoms with van der Waals surface area (Å²) in [4.78, 5) is 10.8. The largest absolute Gasteiger partial charge is 0.363 e. The quantitative estimate of drug-likeness (QED) is 0.908. The predicted octanol–water partition coefficient (Wildman–Crippen LogP) is 1.58. The molecule has 0 aliphatic heterocycles. The molecule has 1 aromatic carbocycles. The SMILES string of the molecule is NC(=O)c1nnc(-c2ccc(F)cc2F)s1.[Ar]. The van der Waals surface area contributed by atoms with Crippen molar-refractivity contribution in [2.75, 3.05) is 0 Å². The van der Waals surface area contributed by atoms with Crippen LogP contribution in [0.15, 0.2) is 18.2 Å². The molecule has 0 bridgehead atoms. The maximum atomic E-state index is 13.3. The van der Waals surface area contributed by atoms with Gasteiger partial charge in [0.1, 0.15) is 11.6 Å². The Morgan fingerprint density at radius 2 is 2.00 bits per heavy atom. The zero-order valence-corrected chi connectivity index (χ0v) is 9.65. The Morgan fingerprint density at radius 1 is 1.29 bits per heavy atom. The van der Waals surface area contributed by atoms with E-state index in [1.165, 1.54) is 6.07 Å². The number of aromatic nitrogens is 2. The Morgan fingerprint density at radius 3 is 2.53 bits per heavy atom. The van der Waals surface area contributed by atoms with Crippen LogP contribution in [0.4, 0.5) is 8.78 Å². The molecule has 90 valence electrons. The molecule has 2 aromatic rings. The van der Waals surface area contributed by atoms with Crippen LogP contribution in [0, 0.1) is 49.4 Å². The van der Waals surface area contributed by atoms with Gasteiger partial charge in [-0.2, -0.15) is 0 Å². The number of nitrogens with zero attached hydrogens (tertiary/aromatic N) is 2. The third-order valence-corrected chi connectivity index (χ3v) is 2.77. The first kappa shape index (κ1) is 14.4. The average Bonchev–Trinajstić information content (AvgIpc) is 2.66. The number of nitrogens with two attached hydrogens (primary N) is 1. The van der Waals surface area contributed by atoms with Crippen LogP contribution in [0.25, 0.3) is 10.6 Å². The number of amides is 1. The first-order valence-electron chi connectivity index (χ1n) is 4.16. The molecule has 0 radical (unpaired) electrons. The second-order valence-electron chi connectivity index (χ2n) is 2.90. The third-order valence-electron chi connectivity index (χ3n) is 1.80. The van der Waals surface area contributed by atoms with Crippen molar-refractivity contribution in [3.8, 4) is 10.6 Å². The fraction of sp³-hybridized carbons (Fsp3) is 0. The van der Waals surface area contributed by atoms with E-state index in [1.54, 1.807) is 0 Å². The van der Waals surface area contributed by atoms with Gasteiger partial charge in [-0.05, 0) is 12.1 Å². The first-order valence-corrected chi connectivity index (χ1v) is 4.98. The molecular formula is C9H5ArF2N3OS. The van der Waals surface area contributed by atoms with Gasteiger partial charge in [-0.3, -0.25) is 4.79 Å². The molecule has 0 atom stereocenters. The number of primary amides is 1. The van der Waals surface area contributed by atoms with Crippen LogP contribution in [0.1, 0.15) is 9.80 Å². The van der Waals surface area contributed by atoms with Crippen LogP contribution in [0.2, 0.25) is 0 Å². The molecular weight excluding hydrogens is 276 g/mol. The molecule has 4 nitrogen and oxygen atoms in total. The van der Waals surface area contributed by atoms with Crippen LogP contribution in [-0.4, -0.2) is 16.1 Å². The van der Waals surface area contributed by atoms with Gasteiger partial charge in [0.25, 0.3) is 5.91 Å². The number of hydrogen-bond acceptors (Lipinski definition) is 4. The van der Waals surface area contributed by atoms with Crippen molar-refractivity contribution in [1.82, 2.24) is 10.2 Å². The second kappa shape index (κ2) is 5.81. The summed E-state index contributed by atoms with van der Waals surface area (Å²) in [6.07, 6.45) is 0. The minimum Gasteiger partial charge on any atom is -0.363 e. The Balaban J connectivity index is 0.00000144. The molecule has 2 rings (SSSR count). The van der Waals surface area contributed by atoms with Gasteiger partial charge < -0.3 is 5.73 Å². The molecule has 2 N–H and O–H groups in total. The summed E-state index contributed by atoms with van der Waals surface area (Å²) in [5, 5.41) is 7.26. The number of halogens is 2. The van der Waals surface area contributed by atoms with E-state index in [4.69, 9.17) is 5.73 Å². The minimum atomic E-state index is -0.757. The number of carbonyl (C=O) groups is 1. The summed E-state index contributed by atoms with van der Waals surface area (Å²) in [5.74, 6) is -2.17. The van der Waals surface area contributed by atoms with E-state index < -0.39 is 17.5 Å². The molecule has 0 aliphatic carbocycles.